The first-order valence-corrected chi connectivity index (χ1v) is 6.27. The van der Waals surface area contributed by atoms with Crippen molar-refractivity contribution in [1.29, 1.82) is 0 Å². The zero-order valence-corrected chi connectivity index (χ0v) is 10.7. The van der Waals surface area contributed by atoms with Crippen molar-refractivity contribution in [3.05, 3.63) is 42.2 Å². The Kier molecular flexibility index (Phi) is 3.23. The lowest BCUT2D eigenvalue weighted by Gasteiger charge is -2.33. The maximum Gasteiger partial charge on any atom is 0.130 e. The van der Waals surface area contributed by atoms with Crippen LogP contribution in [0.15, 0.2) is 30.8 Å². The van der Waals surface area contributed by atoms with Crippen LogP contribution < -0.4 is 0 Å². The lowest BCUT2D eigenvalue weighted by atomic mass is 9.86. The minimum absolute atomic E-state index is 0.0936. The molecule has 1 N–H and O–H groups in total. The van der Waals surface area contributed by atoms with E-state index in [-0.39, 0.29) is 17.0 Å². The van der Waals surface area contributed by atoms with E-state index in [4.69, 9.17) is 23.2 Å². The summed E-state index contributed by atoms with van der Waals surface area (Å²) in [5.41, 5.74) is -0.946. The van der Waals surface area contributed by atoms with Crippen LogP contribution in [-0.4, -0.2) is 21.5 Å². The Labute approximate surface area is 110 Å². The summed E-state index contributed by atoms with van der Waals surface area (Å²) in [4.78, 5) is -0.798. The SMILES string of the molecule is C=C(c1ccccc1F)C(O)(CCl)C1(Cl)CC1. The lowest BCUT2D eigenvalue weighted by Crippen LogP contribution is -2.44. The Morgan fingerprint density at radius 2 is 2.06 bits per heavy atom. The van der Waals surface area contributed by atoms with Crippen molar-refractivity contribution in [2.45, 2.75) is 23.3 Å². The van der Waals surface area contributed by atoms with Gasteiger partial charge in [0.1, 0.15) is 11.4 Å². The third kappa shape index (κ3) is 1.99. The van der Waals surface area contributed by atoms with Crippen molar-refractivity contribution in [3.63, 3.8) is 0 Å². The van der Waals surface area contributed by atoms with Gasteiger partial charge in [-0.2, -0.15) is 0 Å². The van der Waals surface area contributed by atoms with Crippen LogP contribution in [0.2, 0.25) is 0 Å². The Bertz CT molecular complexity index is 456. The molecule has 0 heterocycles. The van der Waals surface area contributed by atoms with Gasteiger partial charge in [0.25, 0.3) is 0 Å². The highest BCUT2D eigenvalue weighted by atomic mass is 35.5. The second-order valence-corrected chi connectivity index (χ2v) is 5.41. The fraction of sp³-hybridized carbons (Fsp3) is 0.385. The van der Waals surface area contributed by atoms with E-state index in [1.807, 2.05) is 0 Å². The third-order valence-corrected chi connectivity index (χ3v) is 4.40. The summed E-state index contributed by atoms with van der Waals surface area (Å²) in [5, 5.41) is 10.5. The predicted octanol–water partition coefficient (Wildman–Crippen LogP) is 3.58. The molecule has 1 unspecified atom stereocenters. The van der Waals surface area contributed by atoms with Gasteiger partial charge >= 0.3 is 0 Å². The van der Waals surface area contributed by atoms with Crippen LogP contribution in [-0.2, 0) is 0 Å². The van der Waals surface area contributed by atoms with E-state index < -0.39 is 16.3 Å². The first-order valence-electron chi connectivity index (χ1n) is 5.36. The molecule has 0 aliphatic heterocycles. The van der Waals surface area contributed by atoms with Gasteiger partial charge in [-0.05, 0) is 24.5 Å². The molecule has 1 aromatic rings. The monoisotopic (exact) mass is 274 g/mol. The first kappa shape index (κ1) is 12.9. The summed E-state index contributed by atoms with van der Waals surface area (Å²) in [6.45, 7) is 3.78. The largest absolute Gasteiger partial charge is 0.382 e. The van der Waals surface area contributed by atoms with Crippen molar-refractivity contribution < 1.29 is 9.50 Å². The zero-order valence-electron chi connectivity index (χ0n) is 9.22. The van der Waals surface area contributed by atoms with Crippen molar-refractivity contribution in [2.24, 2.45) is 0 Å². The number of aliphatic hydroxyl groups is 1. The molecule has 1 atom stereocenters. The fourth-order valence-corrected chi connectivity index (χ4v) is 2.68. The number of hydrogen-bond acceptors (Lipinski definition) is 1. The molecule has 0 bridgehead atoms. The van der Waals surface area contributed by atoms with E-state index in [0.717, 1.165) is 0 Å². The molecule has 17 heavy (non-hydrogen) atoms. The Balaban J connectivity index is 2.40. The smallest absolute Gasteiger partial charge is 0.130 e. The Hall–Kier alpha value is -0.570. The highest BCUT2D eigenvalue weighted by Crippen LogP contribution is 2.55. The molecule has 1 aromatic carbocycles. The summed E-state index contributed by atoms with van der Waals surface area (Å²) >= 11 is 12.0. The summed E-state index contributed by atoms with van der Waals surface area (Å²) in [6.07, 6.45) is 1.32. The molecule has 1 saturated carbocycles. The minimum atomic E-state index is -1.46. The lowest BCUT2D eigenvalue weighted by molar-refractivity contribution is 0.113. The molecule has 0 amide bonds. The maximum atomic E-state index is 13.7. The van der Waals surface area contributed by atoms with Crippen LogP contribution in [0.3, 0.4) is 0 Å². The van der Waals surface area contributed by atoms with Gasteiger partial charge in [0.15, 0.2) is 0 Å². The first-order chi connectivity index (χ1) is 7.94. The molecule has 92 valence electrons. The van der Waals surface area contributed by atoms with Gasteiger partial charge in [-0.25, -0.2) is 4.39 Å². The maximum absolute atomic E-state index is 13.7. The zero-order chi connectivity index (χ0) is 12.7. The van der Waals surface area contributed by atoms with Crippen molar-refractivity contribution in [1.82, 2.24) is 0 Å². The van der Waals surface area contributed by atoms with Crippen LogP contribution in [0.5, 0.6) is 0 Å². The molecule has 0 spiro atoms. The van der Waals surface area contributed by atoms with E-state index in [2.05, 4.69) is 6.58 Å². The van der Waals surface area contributed by atoms with Gasteiger partial charge in [0.05, 0.1) is 10.8 Å². The number of benzene rings is 1. The Morgan fingerprint density at radius 3 is 2.53 bits per heavy atom. The standard InChI is InChI=1S/C13H13Cl2FO/c1-9(10-4-2-3-5-11(10)16)13(17,8-14)12(15)6-7-12/h2-5,17H,1,6-8H2. The van der Waals surface area contributed by atoms with Gasteiger partial charge in [0, 0.05) is 5.56 Å². The van der Waals surface area contributed by atoms with Crippen LogP contribution in [0.25, 0.3) is 5.57 Å². The molecule has 0 radical (unpaired) electrons. The number of halogens is 3. The highest BCUT2D eigenvalue weighted by Gasteiger charge is 2.59. The second-order valence-electron chi connectivity index (χ2n) is 4.42. The number of hydrogen-bond donors (Lipinski definition) is 1. The summed E-state index contributed by atoms with van der Waals surface area (Å²) in [6, 6.07) is 6.16. The number of rotatable bonds is 4. The molecule has 2 rings (SSSR count). The van der Waals surface area contributed by atoms with E-state index in [1.165, 1.54) is 6.07 Å². The molecule has 1 nitrogen and oxygen atoms in total. The van der Waals surface area contributed by atoms with Crippen LogP contribution in [0, 0.1) is 5.82 Å². The van der Waals surface area contributed by atoms with E-state index >= 15 is 0 Å². The summed E-state index contributed by atoms with van der Waals surface area (Å²) in [7, 11) is 0. The fourth-order valence-electron chi connectivity index (χ4n) is 1.92. The summed E-state index contributed by atoms with van der Waals surface area (Å²) < 4.78 is 13.7. The van der Waals surface area contributed by atoms with Crippen LogP contribution >= 0.6 is 23.2 Å². The van der Waals surface area contributed by atoms with Crippen LogP contribution in [0.1, 0.15) is 18.4 Å². The van der Waals surface area contributed by atoms with Crippen molar-refractivity contribution >= 4 is 28.8 Å². The van der Waals surface area contributed by atoms with Gasteiger partial charge in [0.2, 0.25) is 0 Å². The Morgan fingerprint density at radius 1 is 1.47 bits per heavy atom. The average molecular weight is 275 g/mol. The highest BCUT2D eigenvalue weighted by molar-refractivity contribution is 6.29. The molecule has 4 heteroatoms. The molecule has 0 saturated heterocycles. The minimum Gasteiger partial charge on any atom is -0.382 e. The van der Waals surface area contributed by atoms with Crippen molar-refractivity contribution in [2.75, 3.05) is 5.88 Å². The van der Waals surface area contributed by atoms with Gasteiger partial charge in [-0.3, -0.25) is 0 Å². The van der Waals surface area contributed by atoms with E-state index in [9.17, 15) is 9.50 Å². The second kappa shape index (κ2) is 4.27. The van der Waals surface area contributed by atoms with Crippen molar-refractivity contribution in [3.8, 4) is 0 Å². The molecular formula is C13H13Cl2FO. The molecule has 1 aliphatic carbocycles. The quantitative estimate of drug-likeness (QED) is 0.833. The molecular weight excluding hydrogens is 262 g/mol. The molecule has 0 aromatic heterocycles. The average Bonchev–Trinajstić information content (AvgIpc) is 3.07. The number of alkyl halides is 2. The van der Waals surface area contributed by atoms with Gasteiger partial charge in [-0.15, -0.1) is 23.2 Å². The topological polar surface area (TPSA) is 20.2 Å². The third-order valence-electron chi connectivity index (χ3n) is 3.32. The molecule has 1 fully saturated rings. The van der Waals surface area contributed by atoms with Crippen LogP contribution in [0.4, 0.5) is 4.39 Å². The van der Waals surface area contributed by atoms with E-state index in [1.54, 1.807) is 18.2 Å². The van der Waals surface area contributed by atoms with Gasteiger partial charge < -0.3 is 5.11 Å². The predicted molar refractivity (Wildman–Crippen MR) is 68.9 cm³/mol. The van der Waals surface area contributed by atoms with E-state index in [0.29, 0.717) is 12.8 Å². The molecule has 1 aliphatic rings. The normalized spacial score (nSPS) is 20.7. The van der Waals surface area contributed by atoms with Gasteiger partial charge in [-0.1, -0.05) is 24.8 Å². The summed E-state index contributed by atoms with van der Waals surface area (Å²) in [5.74, 6) is -0.522.